The monoisotopic (exact) mass is 315 g/mol. The highest BCUT2D eigenvalue weighted by atomic mass is 16.5. The predicted molar refractivity (Wildman–Crippen MR) is 82.9 cm³/mol. The molecule has 0 aromatic carbocycles. The second-order valence-electron chi connectivity index (χ2n) is 5.06. The molecule has 23 heavy (non-hydrogen) atoms. The molecule has 3 heterocycles. The zero-order valence-corrected chi connectivity index (χ0v) is 12.7. The second-order valence-corrected chi connectivity index (χ2v) is 5.06. The number of ether oxygens (including phenoxy) is 1. The van der Waals surface area contributed by atoms with Crippen molar-refractivity contribution in [2.75, 3.05) is 18.5 Å². The first-order valence-corrected chi connectivity index (χ1v) is 7.34. The average molecular weight is 315 g/mol. The van der Waals surface area contributed by atoms with E-state index in [9.17, 15) is 4.79 Å². The number of anilines is 2. The zero-order chi connectivity index (χ0) is 16.2. The number of aromatic nitrogens is 3. The van der Waals surface area contributed by atoms with Crippen LogP contribution in [0.1, 0.15) is 18.2 Å². The fourth-order valence-corrected chi connectivity index (χ4v) is 2.37. The first-order chi connectivity index (χ1) is 11.2. The Morgan fingerprint density at radius 1 is 1.48 bits per heavy atom. The van der Waals surface area contributed by atoms with E-state index in [0.29, 0.717) is 31.4 Å². The van der Waals surface area contributed by atoms with Crippen molar-refractivity contribution >= 4 is 17.7 Å². The van der Waals surface area contributed by atoms with Gasteiger partial charge in [0.15, 0.2) is 0 Å². The Kier molecular flexibility index (Phi) is 4.22. The molecule has 1 amide bonds. The quantitative estimate of drug-likeness (QED) is 0.890. The van der Waals surface area contributed by atoms with E-state index >= 15 is 0 Å². The molecule has 2 aromatic rings. The molecule has 2 N–H and O–H groups in total. The van der Waals surface area contributed by atoms with E-state index in [-0.39, 0.29) is 6.54 Å². The number of pyridine rings is 1. The lowest BCUT2D eigenvalue weighted by molar-refractivity contribution is 0.139. The number of carbonyl (C=O) groups is 1. The summed E-state index contributed by atoms with van der Waals surface area (Å²) in [7, 11) is 0. The van der Waals surface area contributed by atoms with Gasteiger partial charge in [-0.15, -0.1) is 0 Å². The molecule has 0 radical (unpaired) electrons. The van der Waals surface area contributed by atoms with Gasteiger partial charge in [-0.2, -0.15) is 0 Å². The third-order valence-corrected chi connectivity index (χ3v) is 3.50. The minimum absolute atomic E-state index is 0.280. The van der Waals surface area contributed by atoms with Crippen LogP contribution in [0.15, 0.2) is 24.5 Å². The maximum absolute atomic E-state index is 11.1. The number of nitrogens with zero attached hydrogens (tertiary/aromatic N) is 4. The van der Waals surface area contributed by atoms with Crippen molar-refractivity contribution in [1.82, 2.24) is 19.9 Å². The summed E-state index contributed by atoms with van der Waals surface area (Å²) in [4.78, 5) is 25.2. The molecule has 120 valence electrons. The number of amides is 1. The fourth-order valence-electron chi connectivity index (χ4n) is 2.37. The van der Waals surface area contributed by atoms with E-state index in [1.165, 1.54) is 4.90 Å². The van der Waals surface area contributed by atoms with Crippen molar-refractivity contribution in [2.24, 2.45) is 0 Å². The molecule has 0 atom stereocenters. The number of hydrogen-bond donors (Lipinski definition) is 2. The van der Waals surface area contributed by atoms with E-state index in [2.05, 4.69) is 20.3 Å². The third-order valence-electron chi connectivity index (χ3n) is 3.50. The maximum atomic E-state index is 11.1. The lowest BCUT2D eigenvalue weighted by Gasteiger charge is -2.25. The van der Waals surface area contributed by atoms with E-state index in [0.717, 1.165) is 16.9 Å². The van der Waals surface area contributed by atoms with Crippen molar-refractivity contribution in [3.05, 3.63) is 35.8 Å². The smallest absolute Gasteiger partial charge is 0.407 e. The Labute approximate surface area is 133 Å². The molecule has 8 heteroatoms. The fraction of sp³-hybridized carbons (Fsp3) is 0.333. The van der Waals surface area contributed by atoms with E-state index < -0.39 is 6.09 Å². The van der Waals surface area contributed by atoms with Crippen LogP contribution in [0.5, 0.6) is 5.88 Å². The van der Waals surface area contributed by atoms with E-state index in [4.69, 9.17) is 9.84 Å². The number of fused-ring (bicyclic) bond motifs is 1. The van der Waals surface area contributed by atoms with Crippen LogP contribution < -0.4 is 10.1 Å². The molecule has 1 aliphatic rings. The van der Waals surface area contributed by atoms with Crippen LogP contribution in [0.2, 0.25) is 0 Å². The molecule has 0 aliphatic carbocycles. The second kappa shape index (κ2) is 6.47. The molecule has 0 saturated heterocycles. The van der Waals surface area contributed by atoms with Gasteiger partial charge in [-0.3, -0.25) is 0 Å². The summed E-state index contributed by atoms with van der Waals surface area (Å²) in [6, 6.07) is 3.55. The Hall–Kier alpha value is -2.90. The van der Waals surface area contributed by atoms with Crippen molar-refractivity contribution in [1.29, 1.82) is 0 Å². The van der Waals surface area contributed by atoms with Crippen LogP contribution in [-0.4, -0.2) is 44.2 Å². The molecule has 0 fully saturated rings. The molecule has 3 rings (SSSR count). The Morgan fingerprint density at radius 2 is 2.35 bits per heavy atom. The van der Waals surface area contributed by atoms with Gasteiger partial charge in [0.25, 0.3) is 0 Å². The molecule has 0 spiro atoms. The predicted octanol–water partition coefficient (Wildman–Crippen LogP) is 2.05. The lowest BCUT2D eigenvalue weighted by Crippen LogP contribution is -2.35. The van der Waals surface area contributed by atoms with Gasteiger partial charge in [0.05, 0.1) is 18.8 Å². The molecule has 0 saturated carbocycles. The largest absolute Gasteiger partial charge is 0.478 e. The minimum atomic E-state index is -0.931. The summed E-state index contributed by atoms with van der Waals surface area (Å²) >= 11 is 0. The van der Waals surface area contributed by atoms with Crippen LogP contribution in [0.25, 0.3) is 0 Å². The van der Waals surface area contributed by atoms with Crippen molar-refractivity contribution < 1.29 is 14.6 Å². The first kappa shape index (κ1) is 15.0. The Bertz CT molecular complexity index is 722. The van der Waals surface area contributed by atoms with Gasteiger partial charge >= 0.3 is 6.09 Å². The summed E-state index contributed by atoms with van der Waals surface area (Å²) in [6.07, 6.45) is 3.08. The number of nitrogens with one attached hydrogen (secondary N) is 1. The molecule has 0 bridgehead atoms. The Balaban J connectivity index is 1.78. The summed E-state index contributed by atoms with van der Waals surface area (Å²) in [5.74, 6) is 0.942. The molecule has 0 unspecified atom stereocenters. The summed E-state index contributed by atoms with van der Waals surface area (Å²) in [6.45, 7) is 3.18. The molecule has 1 aliphatic heterocycles. The SMILES string of the molecule is CCOc1cc(Nc2ncc3c(n2)CN(C(=O)O)CC3)ccn1. The molecular weight excluding hydrogens is 298 g/mol. The summed E-state index contributed by atoms with van der Waals surface area (Å²) < 4.78 is 5.35. The van der Waals surface area contributed by atoms with Crippen molar-refractivity contribution in [3.63, 3.8) is 0 Å². The topological polar surface area (TPSA) is 100 Å². The number of hydrogen-bond acceptors (Lipinski definition) is 6. The van der Waals surface area contributed by atoms with Gasteiger partial charge in [0, 0.05) is 30.7 Å². The van der Waals surface area contributed by atoms with Gasteiger partial charge in [-0.25, -0.2) is 19.7 Å². The van der Waals surface area contributed by atoms with Crippen LogP contribution in [0.3, 0.4) is 0 Å². The first-order valence-electron chi connectivity index (χ1n) is 7.34. The molecule has 2 aromatic heterocycles. The van der Waals surface area contributed by atoms with Crippen molar-refractivity contribution in [3.8, 4) is 5.88 Å². The highest BCUT2D eigenvalue weighted by Crippen LogP contribution is 2.21. The highest BCUT2D eigenvalue weighted by molar-refractivity contribution is 5.65. The number of carboxylic acid groups (broad SMARTS) is 1. The maximum Gasteiger partial charge on any atom is 0.407 e. The average Bonchev–Trinajstić information content (AvgIpc) is 2.55. The van der Waals surface area contributed by atoms with E-state index in [1.807, 2.05) is 6.92 Å². The van der Waals surface area contributed by atoms with Gasteiger partial charge in [-0.1, -0.05) is 0 Å². The van der Waals surface area contributed by atoms with Crippen LogP contribution in [-0.2, 0) is 13.0 Å². The van der Waals surface area contributed by atoms with Gasteiger partial charge < -0.3 is 20.1 Å². The highest BCUT2D eigenvalue weighted by Gasteiger charge is 2.21. The standard InChI is InChI=1S/C15H17N5O3/c1-2-23-13-7-11(3-5-16-13)18-14-17-8-10-4-6-20(15(21)22)9-12(10)19-14/h3,5,7-8H,2,4,6,9H2,1H3,(H,21,22)(H,16,17,18,19). The number of rotatable bonds is 4. The minimum Gasteiger partial charge on any atom is -0.478 e. The van der Waals surface area contributed by atoms with Gasteiger partial charge in [0.2, 0.25) is 11.8 Å². The van der Waals surface area contributed by atoms with E-state index in [1.54, 1.807) is 24.5 Å². The van der Waals surface area contributed by atoms with Crippen molar-refractivity contribution in [2.45, 2.75) is 19.9 Å². The lowest BCUT2D eigenvalue weighted by atomic mass is 10.1. The van der Waals surface area contributed by atoms with Gasteiger partial charge in [0.1, 0.15) is 0 Å². The third kappa shape index (κ3) is 3.47. The Morgan fingerprint density at radius 3 is 3.13 bits per heavy atom. The zero-order valence-electron chi connectivity index (χ0n) is 12.7. The molecule has 8 nitrogen and oxygen atoms in total. The van der Waals surface area contributed by atoms with Crippen LogP contribution in [0.4, 0.5) is 16.4 Å². The normalized spacial score (nSPS) is 13.3. The van der Waals surface area contributed by atoms with Crippen LogP contribution >= 0.6 is 0 Å². The molecular formula is C15H17N5O3. The summed E-state index contributed by atoms with van der Waals surface area (Å²) in [5, 5.41) is 12.2. The van der Waals surface area contributed by atoms with Gasteiger partial charge in [-0.05, 0) is 25.0 Å². The van der Waals surface area contributed by atoms with Crippen LogP contribution in [0, 0.1) is 0 Å². The summed E-state index contributed by atoms with van der Waals surface area (Å²) in [5.41, 5.74) is 2.47.